The van der Waals surface area contributed by atoms with Gasteiger partial charge in [0.15, 0.2) is 0 Å². The zero-order valence-electron chi connectivity index (χ0n) is 16.9. The molecule has 2 fully saturated rings. The van der Waals surface area contributed by atoms with Crippen LogP contribution in [0.25, 0.3) is 0 Å². The molecule has 1 saturated heterocycles. The fourth-order valence-electron chi connectivity index (χ4n) is 4.77. The van der Waals surface area contributed by atoms with Gasteiger partial charge in [0.05, 0.1) is 17.3 Å². The van der Waals surface area contributed by atoms with Crippen molar-refractivity contribution < 1.29 is 4.79 Å². The number of carbonyl (C=O) groups excluding carboxylic acids is 1. The number of hydrogen-bond donors (Lipinski definition) is 1. The molecule has 6 nitrogen and oxygen atoms in total. The minimum atomic E-state index is -0.0621. The van der Waals surface area contributed by atoms with E-state index in [1.807, 2.05) is 4.90 Å². The minimum absolute atomic E-state index is 0.0273. The number of hydrogen-bond acceptors (Lipinski definition) is 5. The average molecular weight is 413 g/mol. The quantitative estimate of drug-likeness (QED) is 0.838. The summed E-state index contributed by atoms with van der Waals surface area (Å²) in [7, 11) is 0. The van der Waals surface area contributed by atoms with Gasteiger partial charge in [-0.25, -0.2) is 4.98 Å². The van der Waals surface area contributed by atoms with E-state index in [1.54, 1.807) is 11.3 Å². The molecule has 3 aliphatic rings. The van der Waals surface area contributed by atoms with Crippen molar-refractivity contribution in [3.63, 3.8) is 0 Å². The third kappa shape index (κ3) is 3.55. The van der Waals surface area contributed by atoms with Crippen molar-refractivity contribution >= 4 is 17.2 Å². The fraction of sp³-hybridized carbons (Fsp3) is 0.591. The van der Waals surface area contributed by atoms with Gasteiger partial charge in [-0.05, 0) is 49.6 Å². The molecule has 7 heteroatoms. The van der Waals surface area contributed by atoms with Gasteiger partial charge in [-0.15, -0.1) is 11.3 Å². The number of H-pyrrole nitrogens is 1. The van der Waals surface area contributed by atoms with Crippen molar-refractivity contribution in [2.75, 3.05) is 13.1 Å². The maximum absolute atomic E-state index is 12.9. The predicted octanol–water partition coefficient (Wildman–Crippen LogP) is 3.16. The maximum atomic E-state index is 12.9. The summed E-state index contributed by atoms with van der Waals surface area (Å²) in [6.45, 7) is 5.37. The predicted molar refractivity (Wildman–Crippen MR) is 113 cm³/mol. The van der Waals surface area contributed by atoms with Crippen LogP contribution in [0.1, 0.15) is 65.7 Å². The second kappa shape index (κ2) is 7.69. The van der Waals surface area contributed by atoms with E-state index >= 15 is 0 Å². The first-order chi connectivity index (χ1) is 14.1. The van der Waals surface area contributed by atoms with E-state index in [-0.39, 0.29) is 23.4 Å². The van der Waals surface area contributed by atoms with Gasteiger partial charge >= 0.3 is 0 Å². The molecule has 2 aliphatic heterocycles. The zero-order chi connectivity index (χ0) is 20.0. The highest BCUT2D eigenvalue weighted by molar-refractivity contribution is 7.10. The molecule has 0 radical (unpaired) electrons. The number of aromatic amines is 1. The first kappa shape index (κ1) is 19.0. The Morgan fingerprint density at radius 3 is 2.86 bits per heavy atom. The Bertz CT molecular complexity index is 977. The summed E-state index contributed by atoms with van der Waals surface area (Å²) >= 11 is 1.78. The van der Waals surface area contributed by atoms with Gasteiger partial charge in [0.25, 0.3) is 5.56 Å². The summed E-state index contributed by atoms with van der Waals surface area (Å²) in [4.78, 5) is 39.3. The Morgan fingerprint density at radius 2 is 2.14 bits per heavy atom. The van der Waals surface area contributed by atoms with E-state index in [2.05, 4.69) is 28.3 Å². The van der Waals surface area contributed by atoms with Crippen molar-refractivity contribution in [3.05, 3.63) is 49.3 Å². The number of carbonyl (C=O) groups is 1. The van der Waals surface area contributed by atoms with Crippen LogP contribution in [0.15, 0.2) is 16.2 Å². The number of thiophene rings is 1. The van der Waals surface area contributed by atoms with Gasteiger partial charge in [-0.2, -0.15) is 0 Å². The minimum Gasteiger partial charge on any atom is -0.332 e. The Hall–Kier alpha value is -1.99. The van der Waals surface area contributed by atoms with E-state index in [9.17, 15) is 9.59 Å². The lowest BCUT2D eigenvalue weighted by Crippen LogP contribution is -2.40. The van der Waals surface area contributed by atoms with Crippen molar-refractivity contribution in [3.8, 4) is 0 Å². The van der Waals surface area contributed by atoms with Crippen LogP contribution in [0.2, 0.25) is 0 Å². The van der Waals surface area contributed by atoms with Gasteiger partial charge < -0.3 is 9.88 Å². The smallest absolute Gasteiger partial charge is 0.255 e. The standard InChI is InChI=1S/C22H28N4O2S/c1-14-8-11-29-19(14)13-25-10-7-17-16(12-25)21(27)24-20(23-17)18-6-3-9-26(18)22(28)15-4-2-5-15/h8,11,15,18H,2-7,9-10,12-13H2,1H3,(H,23,24,27)/t18-/m0/s1. The first-order valence-electron chi connectivity index (χ1n) is 10.8. The lowest BCUT2D eigenvalue weighted by atomic mass is 9.84. The highest BCUT2D eigenvalue weighted by Gasteiger charge is 2.37. The number of amides is 1. The molecule has 0 bridgehead atoms. The molecule has 1 atom stereocenters. The van der Waals surface area contributed by atoms with E-state index in [0.29, 0.717) is 12.4 Å². The van der Waals surface area contributed by atoms with Crippen LogP contribution in [0.4, 0.5) is 0 Å². The highest BCUT2D eigenvalue weighted by Crippen LogP contribution is 2.36. The molecule has 1 saturated carbocycles. The number of aryl methyl sites for hydroxylation is 1. The summed E-state index contributed by atoms with van der Waals surface area (Å²) in [6, 6.07) is 2.09. The number of nitrogens with one attached hydrogen (secondary N) is 1. The van der Waals surface area contributed by atoms with Gasteiger partial charge in [-0.1, -0.05) is 6.42 Å². The monoisotopic (exact) mass is 412 g/mol. The van der Waals surface area contributed by atoms with Gasteiger partial charge in [0.2, 0.25) is 5.91 Å². The van der Waals surface area contributed by atoms with Gasteiger partial charge in [0, 0.05) is 43.4 Å². The largest absolute Gasteiger partial charge is 0.332 e. The molecule has 2 aromatic heterocycles. The van der Waals surface area contributed by atoms with E-state index in [1.165, 1.54) is 10.4 Å². The lowest BCUT2D eigenvalue weighted by Gasteiger charge is -2.33. The van der Waals surface area contributed by atoms with Crippen LogP contribution < -0.4 is 5.56 Å². The molecule has 5 rings (SSSR count). The Kier molecular flexibility index (Phi) is 5.04. The lowest BCUT2D eigenvalue weighted by molar-refractivity contribution is -0.139. The molecule has 0 spiro atoms. The molecule has 1 amide bonds. The van der Waals surface area contributed by atoms with Crippen LogP contribution in [0.3, 0.4) is 0 Å². The Morgan fingerprint density at radius 1 is 1.28 bits per heavy atom. The van der Waals surface area contributed by atoms with Crippen molar-refractivity contribution in [1.29, 1.82) is 0 Å². The number of nitrogens with zero attached hydrogens (tertiary/aromatic N) is 3. The summed E-state index contributed by atoms with van der Waals surface area (Å²) in [5.41, 5.74) is 3.01. The number of rotatable bonds is 4. The molecular weight excluding hydrogens is 384 g/mol. The SMILES string of the molecule is Cc1ccsc1CN1CCc2nc([C@@H]3CCCN3C(=O)C3CCC3)[nH]c(=O)c2C1. The molecular formula is C22H28N4O2S. The third-order valence-corrected chi connectivity index (χ3v) is 7.82. The number of likely N-dealkylation sites (tertiary alicyclic amines) is 1. The van der Waals surface area contributed by atoms with Crippen LogP contribution in [0, 0.1) is 12.8 Å². The van der Waals surface area contributed by atoms with E-state index in [0.717, 1.165) is 69.4 Å². The van der Waals surface area contributed by atoms with Crippen molar-refractivity contribution in [2.45, 2.75) is 64.6 Å². The third-order valence-electron chi connectivity index (χ3n) is 6.81. The molecule has 2 aromatic rings. The molecule has 1 N–H and O–H groups in total. The molecule has 1 aliphatic carbocycles. The van der Waals surface area contributed by atoms with Crippen LogP contribution in [-0.4, -0.2) is 38.8 Å². The zero-order valence-corrected chi connectivity index (χ0v) is 17.8. The molecule has 154 valence electrons. The normalized spacial score (nSPS) is 22.5. The fourth-order valence-corrected chi connectivity index (χ4v) is 5.71. The molecule has 4 heterocycles. The second-order valence-corrected chi connectivity index (χ2v) is 9.68. The van der Waals surface area contributed by atoms with Crippen molar-refractivity contribution in [2.24, 2.45) is 5.92 Å². The summed E-state index contributed by atoms with van der Waals surface area (Å²) in [6.07, 6.45) is 5.84. The number of fused-ring (bicyclic) bond motifs is 1. The van der Waals surface area contributed by atoms with Crippen molar-refractivity contribution in [1.82, 2.24) is 19.8 Å². The summed E-state index contributed by atoms with van der Waals surface area (Å²) < 4.78 is 0. The Balaban J connectivity index is 1.35. The average Bonchev–Trinajstić information content (AvgIpc) is 3.30. The van der Waals surface area contributed by atoms with Gasteiger partial charge in [0.1, 0.15) is 5.82 Å². The second-order valence-electron chi connectivity index (χ2n) is 8.68. The highest BCUT2D eigenvalue weighted by atomic mass is 32.1. The summed E-state index contributed by atoms with van der Waals surface area (Å²) in [5, 5.41) is 2.13. The van der Waals surface area contributed by atoms with Gasteiger partial charge in [-0.3, -0.25) is 14.5 Å². The molecule has 0 unspecified atom stereocenters. The summed E-state index contributed by atoms with van der Waals surface area (Å²) in [5.74, 6) is 1.15. The number of aromatic nitrogens is 2. The molecule has 0 aromatic carbocycles. The van der Waals surface area contributed by atoms with Crippen LogP contribution in [0.5, 0.6) is 0 Å². The van der Waals surface area contributed by atoms with E-state index in [4.69, 9.17) is 4.98 Å². The maximum Gasteiger partial charge on any atom is 0.255 e. The van der Waals surface area contributed by atoms with Crippen LogP contribution in [-0.2, 0) is 24.3 Å². The topological polar surface area (TPSA) is 69.3 Å². The Labute approximate surface area is 175 Å². The van der Waals surface area contributed by atoms with E-state index < -0.39 is 0 Å². The first-order valence-corrected chi connectivity index (χ1v) is 11.7. The molecule has 29 heavy (non-hydrogen) atoms. The van der Waals surface area contributed by atoms with Crippen LogP contribution >= 0.6 is 11.3 Å².